The summed E-state index contributed by atoms with van der Waals surface area (Å²) in [6.45, 7) is 4.83. The molecule has 1 aromatic carbocycles. The molecule has 6 heteroatoms. The van der Waals surface area contributed by atoms with Gasteiger partial charge in [-0.3, -0.25) is 0 Å². The lowest BCUT2D eigenvalue weighted by Crippen LogP contribution is -2.32. The first-order valence-electron chi connectivity index (χ1n) is 6.74. The van der Waals surface area contributed by atoms with Crippen molar-refractivity contribution in [2.75, 3.05) is 20.2 Å². The Bertz CT molecular complexity index is 531. The van der Waals surface area contributed by atoms with Gasteiger partial charge in [-0.2, -0.15) is 4.31 Å². The number of alkyl halides is 1. The van der Waals surface area contributed by atoms with Crippen LogP contribution in [-0.2, 0) is 15.9 Å². The highest BCUT2D eigenvalue weighted by Crippen LogP contribution is 2.28. The molecule has 0 bridgehead atoms. The summed E-state index contributed by atoms with van der Waals surface area (Å²) in [6, 6.07) is 5.02. The van der Waals surface area contributed by atoms with Crippen molar-refractivity contribution in [3.63, 3.8) is 0 Å². The van der Waals surface area contributed by atoms with E-state index in [0.29, 0.717) is 18.8 Å². The van der Waals surface area contributed by atoms with Gasteiger partial charge < -0.3 is 4.74 Å². The topological polar surface area (TPSA) is 46.6 Å². The first kappa shape index (κ1) is 17.3. The molecule has 4 nitrogen and oxygen atoms in total. The Hall–Kier alpha value is -0.780. The van der Waals surface area contributed by atoms with E-state index >= 15 is 0 Å². The van der Waals surface area contributed by atoms with Gasteiger partial charge in [0.15, 0.2) is 0 Å². The molecule has 114 valence electrons. The first-order chi connectivity index (χ1) is 9.51. The smallest absolute Gasteiger partial charge is 0.246 e. The molecule has 0 aromatic heterocycles. The molecule has 0 aliphatic heterocycles. The van der Waals surface area contributed by atoms with E-state index < -0.39 is 10.0 Å². The van der Waals surface area contributed by atoms with Crippen LogP contribution in [0.4, 0.5) is 0 Å². The van der Waals surface area contributed by atoms with Crippen LogP contribution in [0.3, 0.4) is 0 Å². The van der Waals surface area contributed by atoms with Crippen molar-refractivity contribution in [2.45, 2.75) is 37.5 Å². The van der Waals surface area contributed by atoms with E-state index in [4.69, 9.17) is 16.3 Å². The maximum Gasteiger partial charge on any atom is 0.246 e. The summed E-state index contributed by atoms with van der Waals surface area (Å²) >= 11 is 5.79. The highest BCUT2D eigenvalue weighted by molar-refractivity contribution is 7.89. The number of sulfonamides is 1. The Balaban J connectivity index is 3.24. The predicted octanol–water partition coefficient (Wildman–Crippen LogP) is 3.24. The molecule has 0 saturated carbocycles. The maximum absolute atomic E-state index is 12.7. The summed E-state index contributed by atoms with van der Waals surface area (Å²) < 4.78 is 32.1. The SMILES string of the molecule is CCCCN(CC)S(=O)(=O)c1cc(CCl)ccc1OC. The van der Waals surface area contributed by atoms with E-state index in [1.807, 2.05) is 13.8 Å². The maximum atomic E-state index is 12.7. The van der Waals surface area contributed by atoms with Crippen molar-refractivity contribution in [3.8, 4) is 5.75 Å². The molecule has 0 saturated heterocycles. The van der Waals surface area contributed by atoms with Crippen LogP contribution in [-0.4, -0.2) is 32.9 Å². The Kier molecular flexibility index (Phi) is 6.79. The summed E-state index contributed by atoms with van der Waals surface area (Å²) in [5.74, 6) is 0.627. The molecule has 0 aliphatic carbocycles. The number of rotatable bonds is 8. The molecule has 0 N–H and O–H groups in total. The zero-order valence-corrected chi connectivity index (χ0v) is 13.8. The number of benzene rings is 1. The lowest BCUT2D eigenvalue weighted by molar-refractivity contribution is 0.390. The fraction of sp³-hybridized carbons (Fsp3) is 0.571. The third-order valence-corrected chi connectivity index (χ3v) is 5.42. The summed E-state index contributed by atoms with van der Waals surface area (Å²) in [5, 5.41) is 0. The van der Waals surface area contributed by atoms with Crippen molar-refractivity contribution in [2.24, 2.45) is 0 Å². The van der Waals surface area contributed by atoms with Crippen LogP contribution in [0, 0.1) is 0 Å². The van der Waals surface area contributed by atoms with Gasteiger partial charge in [-0.15, -0.1) is 11.6 Å². The molecule has 0 fully saturated rings. The van der Waals surface area contributed by atoms with Gasteiger partial charge in [0.25, 0.3) is 0 Å². The van der Waals surface area contributed by atoms with Gasteiger partial charge >= 0.3 is 0 Å². The highest BCUT2D eigenvalue weighted by Gasteiger charge is 2.26. The van der Waals surface area contributed by atoms with Crippen molar-refractivity contribution in [1.82, 2.24) is 4.31 Å². The Morgan fingerprint density at radius 3 is 2.50 bits per heavy atom. The summed E-state index contributed by atoms with van der Waals surface area (Å²) in [6.07, 6.45) is 1.79. The molecule has 0 amide bonds. The first-order valence-corrected chi connectivity index (χ1v) is 8.71. The number of methoxy groups -OCH3 is 1. The van der Waals surface area contributed by atoms with Crippen molar-refractivity contribution < 1.29 is 13.2 Å². The van der Waals surface area contributed by atoms with E-state index in [1.165, 1.54) is 11.4 Å². The summed E-state index contributed by atoms with van der Waals surface area (Å²) in [7, 11) is -2.08. The summed E-state index contributed by atoms with van der Waals surface area (Å²) in [4.78, 5) is 0.191. The average Bonchev–Trinajstić information content (AvgIpc) is 2.47. The second-order valence-corrected chi connectivity index (χ2v) is 6.64. The largest absolute Gasteiger partial charge is 0.495 e. The standard InChI is InChI=1S/C14H22ClNO3S/c1-4-6-9-16(5-2)20(17,18)14-10-12(11-15)7-8-13(14)19-3/h7-8,10H,4-6,9,11H2,1-3H3. The minimum absolute atomic E-state index is 0.191. The Morgan fingerprint density at radius 1 is 1.30 bits per heavy atom. The molecule has 0 unspecified atom stereocenters. The van der Waals surface area contributed by atoms with Gasteiger partial charge in [0.05, 0.1) is 7.11 Å². The predicted molar refractivity (Wildman–Crippen MR) is 81.9 cm³/mol. The van der Waals surface area contributed by atoms with E-state index in [1.54, 1.807) is 18.2 Å². The zero-order valence-electron chi connectivity index (χ0n) is 12.2. The molecule has 0 radical (unpaired) electrons. The van der Waals surface area contributed by atoms with Crippen molar-refractivity contribution >= 4 is 21.6 Å². The number of hydrogen-bond donors (Lipinski definition) is 0. The number of hydrogen-bond acceptors (Lipinski definition) is 3. The molecule has 0 spiro atoms. The van der Waals surface area contributed by atoms with Gasteiger partial charge in [0.1, 0.15) is 10.6 Å². The third-order valence-electron chi connectivity index (χ3n) is 3.11. The Labute approximate surface area is 126 Å². The lowest BCUT2D eigenvalue weighted by atomic mass is 10.2. The number of ether oxygens (including phenoxy) is 1. The molecule has 1 rings (SSSR count). The molecule has 1 aromatic rings. The minimum atomic E-state index is -3.55. The number of nitrogens with zero attached hydrogens (tertiary/aromatic N) is 1. The van der Waals surface area contributed by atoms with Gasteiger partial charge in [0, 0.05) is 19.0 Å². The van der Waals surface area contributed by atoms with Crippen LogP contribution >= 0.6 is 11.6 Å². The number of halogens is 1. The van der Waals surface area contributed by atoms with Crippen LogP contribution in [0.15, 0.2) is 23.1 Å². The quantitative estimate of drug-likeness (QED) is 0.691. The van der Waals surface area contributed by atoms with Gasteiger partial charge in [0.2, 0.25) is 10.0 Å². The summed E-state index contributed by atoms with van der Waals surface area (Å²) in [5.41, 5.74) is 0.762. The zero-order chi connectivity index (χ0) is 15.2. The van der Waals surface area contributed by atoms with Crippen LogP contribution < -0.4 is 4.74 Å². The van der Waals surface area contributed by atoms with Crippen LogP contribution in [0.1, 0.15) is 32.3 Å². The van der Waals surface area contributed by atoms with E-state index in [-0.39, 0.29) is 10.8 Å². The van der Waals surface area contributed by atoms with Crippen molar-refractivity contribution in [3.05, 3.63) is 23.8 Å². The minimum Gasteiger partial charge on any atom is -0.495 e. The highest BCUT2D eigenvalue weighted by atomic mass is 35.5. The molecular formula is C14H22ClNO3S. The second kappa shape index (κ2) is 7.86. The molecule has 0 atom stereocenters. The fourth-order valence-electron chi connectivity index (χ4n) is 1.93. The molecule has 0 heterocycles. The molecule has 20 heavy (non-hydrogen) atoms. The monoisotopic (exact) mass is 319 g/mol. The normalized spacial score (nSPS) is 11.8. The van der Waals surface area contributed by atoms with Crippen LogP contribution in [0.2, 0.25) is 0 Å². The second-order valence-electron chi connectivity index (χ2n) is 4.47. The van der Waals surface area contributed by atoms with Gasteiger partial charge in [-0.1, -0.05) is 26.3 Å². The van der Waals surface area contributed by atoms with E-state index in [0.717, 1.165) is 18.4 Å². The van der Waals surface area contributed by atoms with Gasteiger partial charge in [-0.25, -0.2) is 8.42 Å². The van der Waals surface area contributed by atoms with Crippen LogP contribution in [0.5, 0.6) is 5.75 Å². The fourth-order valence-corrected chi connectivity index (χ4v) is 3.79. The average molecular weight is 320 g/mol. The number of unbranched alkanes of at least 4 members (excludes halogenated alkanes) is 1. The molecular weight excluding hydrogens is 298 g/mol. The van der Waals surface area contributed by atoms with Gasteiger partial charge in [-0.05, 0) is 24.1 Å². The van der Waals surface area contributed by atoms with E-state index in [9.17, 15) is 8.42 Å². The van der Waals surface area contributed by atoms with Crippen molar-refractivity contribution in [1.29, 1.82) is 0 Å². The molecule has 0 aliphatic rings. The Morgan fingerprint density at radius 2 is 2.00 bits per heavy atom. The lowest BCUT2D eigenvalue weighted by Gasteiger charge is -2.21. The van der Waals surface area contributed by atoms with E-state index in [2.05, 4.69) is 0 Å². The third kappa shape index (κ3) is 3.87. The van der Waals surface area contributed by atoms with Crippen LogP contribution in [0.25, 0.3) is 0 Å².